The van der Waals surface area contributed by atoms with Gasteiger partial charge in [0.05, 0.1) is 5.41 Å². The summed E-state index contributed by atoms with van der Waals surface area (Å²) in [5, 5.41) is 5.06. The Morgan fingerprint density at radius 1 is 1.30 bits per heavy atom. The van der Waals surface area contributed by atoms with Gasteiger partial charge >= 0.3 is 0 Å². The molecular formula is C16H20N2OS. The Balaban J connectivity index is 2.29. The fourth-order valence-corrected chi connectivity index (χ4v) is 2.68. The fraction of sp³-hybridized carbons (Fsp3) is 0.312. The molecule has 106 valence electrons. The Labute approximate surface area is 123 Å². The summed E-state index contributed by atoms with van der Waals surface area (Å²) in [5.74, 6) is -0.0218. The van der Waals surface area contributed by atoms with E-state index in [4.69, 9.17) is 5.73 Å². The molecule has 0 aliphatic rings. The summed E-state index contributed by atoms with van der Waals surface area (Å²) in [7, 11) is 0. The highest BCUT2D eigenvalue weighted by Gasteiger charge is 2.30. The van der Waals surface area contributed by atoms with E-state index in [1.54, 1.807) is 11.3 Å². The van der Waals surface area contributed by atoms with Crippen molar-refractivity contribution in [2.75, 3.05) is 11.9 Å². The normalized spacial score (nSPS) is 13.8. The number of anilines is 1. The second kappa shape index (κ2) is 6.20. The van der Waals surface area contributed by atoms with Crippen molar-refractivity contribution in [1.82, 2.24) is 0 Å². The van der Waals surface area contributed by atoms with Crippen molar-refractivity contribution in [3.8, 4) is 10.4 Å². The van der Waals surface area contributed by atoms with Crippen LogP contribution in [-0.2, 0) is 4.79 Å². The largest absolute Gasteiger partial charge is 0.329 e. The Kier molecular flexibility index (Phi) is 4.57. The number of amides is 1. The Hall–Kier alpha value is -1.65. The smallest absolute Gasteiger partial charge is 0.231 e. The van der Waals surface area contributed by atoms with Crippen LogP contribution in [0.3, 0.4) is 0 Å². The van der Waals surface area contributed by atoms with E-state index >= 15 is 0 Å². The minimum atomic E-state index is -0.525. The molecule has 1 aromatic heterocycles. The van der Waals surface area contributed by atoms with Crippen LogP contribution in [0, 0.1) is 5.41 Å². The van der Waals surface area contributed by atoms with E-state index < -0.39 is 5.41 Å². The lowest BCUT2D eigenvalue weighted by Crippen LogP contribution is -2.39. The van der Waals surface area contributed by atoms with Crippen molar-refractivity contribution >= 4 is 22.9 Å². The van der Waals surface area contributed by atoms with Gasteiger partial charge in [0.15, 0.2) is 0 Å². The molecule has 2 rings (SSSR count). The SMILES string of the molecule is CCC(C)(CN)C(=O)Nc1ccccc1-c1cccs1. The van der Waals surface area contributed by atoms with Crippen molar-refractivity contribution in [2.45, 2.75) is 20.3 Å². The zero-order chi connectivity index (χ0) is 14.6. The number of thiophene rings is 1. The average molecular weight is 288 g/mol. The molecule has 0 saturated heterocycles. The molecule has 20 heavy (non-hydrogen) atoms. The standard InChI is InChI=1S/C16H20N2OS/c1-3-16(2,11-17)15(19)18-13-8-5-4-7-12(13)14-9-6-10-20-14/h4-10H,3,11,17H2,1-2H3,(H,18,19). The molecule has 0 bridgehead atoms. The fourth-order valence-electron chi connectivity index (χ4n) is 1.91. The van der Waals surface area contributed by atoms with E-state index in [0.29, 0.717) is 6.54 Å². The number of nitrogens with one attached hydrogen (secondary N) is 1. The van der Waals surface area contributed by atoms with Gasteiger partial charge in [-0.15, -0.1) is 11.3 Å². The molecule has 0 spiro atoms. The summed E-state index contributed by atoms with van der Waals surface area (Å²) in [4.78, 5) is 13.6. The molecule has 2 aromatic rings. The van der Waals surface area contributed by atoms with Crippen LogP contribution in [0.25, 0.3) is 10.4 Å². The predicted octanol–water partition coefficient (Wildman–Crippen LogP) is 3.73. The third-order valence-electron chi connectivity index (χ3n) is 3.74. The van der Waals surface area contributed by atoms with Crippen LogP contribution < -0.4 is 11.1 Å². The number of hydrogen-bond donors (Lipinski definition) is 2. The molecule has 0 aliphatic heterocycles. The van der Waals surface area contributed by atoms with E-state index in [0.717, 1.165) is 22.5 Å². The van der Waals surface area contributed by atoms with Gasteiger partial charge in [-0.2, -0.15) is 0 Å². The predicted molar refractivity (Wildman–Crippen MR) is 85.8 cm³/mol. The molecule has 4 heteroatoms. The first kappa shape index (κ1) is 14.8. The summed E-state index contributed by atoms with van der Waals surface area (Å²) < 4.78 is 0. The highest BCUT2D eigenvalue weighted by Crippen LogP contribution is 2.32. The Morgan fingerprint density at radius 2 is 2.05 bits per heavy atom. The van der Waals surface area contributed by atoms with Gasteiger partial charge in [0.25, 0.3) is 0 Å². The molecule has 0 saturated carbocycles. The molecule has 1 unspecified atom stereocenters. The summed E-state index contributed by atoms with van der Waals surface area (Å²) in [5.41, 5.74) is 7.11. The van der Waals surface area contributed by atoms with Gasteiger partial charge in [-0.1, -0.05) is 31.2 Å². The molecule has 1 atom stereocenters. The van der Waals surface area contributed by atoms with Crippen molar-refractivity contribution in [3.63, 3.8) is 0 Å². The van der Waals surface area contributed by atoms with Crippen molar-refractivity contribution in [1.29, 1.82) is 0 Å². The Bertz CT molecular complexity index is 574. The number of carbonyl (C=O) groups is 1. The number of hydrogen-bond acceptors (Lipinski definition) is 3. The van der Waals surface area contributed by atoms with Crippen LogP contribution in [0.15, 0.2) is 41.8 Å². The summed E-state index contributed by atoms with van der Waals surface area (Å²) >= 11 is 1.66. The van der Waals surface area contributed by atoms with E-state index in [1.165, 1.54) is 0 Å². The number of nitrogens with two attached hydrogens (primary N) is 1. The van der Waals surface area contributed by atoms with E-state index in [-0.39, 0.29) is 5.91 Å². The maximum atomic E-state index is 12.4. The van der Waals surface area contributed by atoms with Crippen molar-refractivity contribution < 1.29 is 4.79 Å². The zero-order valence-electron chi connectivity index (χ0n) is 11.8. The van der Waals surface area contributed by atoms with Crippen LogP contribution >= 0.6 is 11.3 Å². The van der Waals surface area contributed by atoms with Gasteiger partial charge in [-0.25, -0.2) is 0 Å². The van der Waals surface area contributed by atoms with Gasteiger partial charge in [0, 0.05) is 22.7 Å². The monoisotopic (exact) mass is 288 g/mol. The van der Waals surface area contributed by atoms with E-state index in [9.17, 15) is 4.79 Å². The second-order valence-corrected chi connectivity index (χ2v) is 6.04. The molecule has 0 aliphatic carbocycles. The number of para-hydroxylation sites is 1. The van der Waals surface area contributed by atoms with E-state index in [2.05, 4.69) is 11.4 Å². The minimum Gasteiger partial charge on any atom is -0.329 e. The van der Waals surface area contributed by atoms with E-state index in [1.807, 2.05) is 49.6 Å². The van der Waals surface area contributed by atoms with Crippen LogP contribution in [0.5, 0.6) is 0 Å². The van der Waals surface area contributed by atoms with Gasteiger partial charge in [-0.05, 0) is 30.9 Å². The molecule has 0 radical (unpaired) electrons. The highest BCUT2D eigenvalue weighted by molar-refractivity contribution is 7.13. The topological polar surface area (TPSA) is 55.1 Å². The van der Waals surface area contributed by atoms with Gasteiger partial charge < -0.3 is 11.1 Å². The van der Waals surface area contributed by atoms with Crippen molar-refractivity contribution in [3.05, 3.63) is 41.8 Å². The Morgan fingerprint density at radius 3 is 2.65 bits per heavy atom. The minimum absolute atomic E-state index is 0.0218. The quantitative estimate of drug-likeness (QED) is 0.880. The zero-order valence-corrected chi connectivity index (χ0v) is 12.7. The molecule has 0 fully saturated rings. The molecule has 1 heterocycles. The summed E-state index contributed by atoms with van der Waals surface area (Å²) in [6, 6.07) is 11.9. The van der Waals surface area contributed by atoms with Gasteiger partial charge in [-0.3, -0.25) is 4.79 Å². The number of benzene rings is 1. The maximum Gasteiger partial charge on any atom is 0.231 e. The average Bonchev–Trinajstić information content (AvgIpc) is 3.01. The van der Waals surface area contributed by atoms with Gasteiger partial charge in [0.1, 0.15) is 0 Å². The molecular weight excluding hydrogens is 268 g/mol. The first-order valence-electron chi connectivity index (χ1n) is 6.75. The summed E-state index contributed by atoms with van der Waals surface area (Å²) in [6.07, 6.45) is 0.719. The molecule has 1 amide bonds. The lowest BCUT2D eigenvalue weighted by Gasteiger charge is -2.25. The lowest BCUT2D eigenvalue weighted by molar-refractivity contribution is -0.124. The third-order valence-corrected chi connectivity index (χ3v) is 4.64. The first-order valence-corrected chi connectivity index (χ1v) is 7.63. The van der Waals surface area contributed by atoms with Crippen LogP contribution in [0.4, 0.5) is 5.69 Å². The highest BCUT2D eigenvalue weighted by atomic mass is 32.1. The summed E-state index contributed by atoms with van der Waals surface area (Å²) in [6.45, 7) is 4.23. The third kappa shape index (κ3) is 2.92. The van der Waals surface area contributed by atoms with Crippen LogP contribution in [0.2, 0.25) is 0 Å². The maximum absolute atomic E-state index is 12.4. The lowest BCUT2D eigenvalue weighted by atomic mass is 9.86. The molecule has 3 nitrogen and oxygen atoms in total. The number of carbonyl (C=O) groups excluding carboxylic acids is 1. The first-order chi connectivity index (χ1) is 9.60. The van der Waals surface area contributed by atoms with Crippen LogP contribution in [-0.4, -0.2) is 12.5 Å². The molecule has 3 N–H and O–H groups in total. The van der Waals surface area contributed by atoms with Crippen LogP contribution in [0.1, 0.15) is 20.3 Å². The number of rotatable bonds is 5. The molecule has 1 aromatic carbocycles. The van der Waals surface area contributed by atoms with Crippen molar-refractivity contribution in [2.24, 2.45) is 11.1 Å². The second-order valence-electron chi connectivity index (χ2n) is 5.10. The van der Waals surface area contributed by atoms with Gasteiger partial charge in [0.2, 0.25) is 5.91 Å².